The summed E-state index contributed by atoms with van der Waals surface area (Å²) in [6, 6.07) is 8.10. The Kier molecular flexibility index (Phi) is 7.64. The predicted molar refractivity (Wildman–Crippen MR) is 159 cm³/mol. The molecule has 6 heterocycles. The lowest BCUT2D eigenvalue weighted by molar-refractivity contribution is -0.871. The second-order valence-corrected chi connectivity index (χ2v) is 11.8. The lowest BCUT2D eigenvalue weighted by Crippen LogP contribution is -2.46. The molecule has 1 aromatic carbocycles. The van der Waals surface area contributed by atoms with Crippen molar-refractivity contribution >= 4 is 22.4 Å². The molecular formula is C32H43F2N6O2+. The summed E-state index contributed by atoms with van der Waals surface area (Å²) in [6.07, 6.45) is 6.51. The van der Waals surface area contributed by atoms with Gasteiger partial charge in [0.2, 0.25) is 6.20 Å². The molecular weight excluding hydrogens is 538 g/mol. The Morgan fingerprint density at radius 3 is 2.62 bits per heavy atom. The summed E-state index contributed by atoms with van der Waals surface area (Å²) < 4.78 is 63.6. The average molecular weight is 585 g/mol. The van der Waals surface area contributed by atoms with Crippen LogP contribution in [0.1, 0.15) is 72.4 Å². The van der Waals surface area contributed by atoms with Crippen molar-refractivity contribution in [3.63, 3.8) is 0 Å². The minimum atomic E-state index is -2.94. The summed E-state index contributed by atoms with van der Waals surface area (Å²) in [5, 5.41) is 12.4. The van der Waals surface area contributed by atoms with E-state index in [2.05, 4.69) is 25.3 Å². The lowest BCUT2D eigenvalue weighted by Gasteiger charge is -2.36. The summed E-state index contributed by atoms with van der Waals surface area (Å²) >= 11 is 0. The van der Waals surface area contributed by atoms with Crippen LogP contribution in [0.25, 0.3) is 10.9 Å². The van der Waals surface area contributed by atoms with Crippen LogP contribution in [0.5, 0.6) is 0 Å². The molecule has 1 atom stereocenters. The van der Waals surface area contributed by atoms with Crippen LogP contribution in [0.15, 0.2) is 36.5 Å². The molecule has 0 unspecified atom stereocenters. The summed E-state index contributed by atoms with van der Waals surface area (Å²) in [4.78, 5) is 10.8. The smallest absolute Gasteiger partial charge is 0.291 e. The average Bonchev–Trinajstić information content (AvgIpc) is 3.04. The number of fused-ring (bicyclic) bond motifs is 9. The van der Waals surface area contributed by atoms with Crippen LogP contribution < -0.4 is 19.8 Å². The Balaban J connectivity index is 1.43. The number of nitrogens with zero attached hydrogens (tertiary/aromatic N) is 5. The van der Waals surface area contributed by atoms with Crippen LogP contribution in [0.4, 0.5) is 20.3 Å². The number of benzene rings is 1. The van der Waals surface area contributed by atoms with Gasteiger partial charge in [0.05, 0.1) is 24.6 Å². The molecule has 0 saturated carbocycles. The number of nitrogens with one attached hydrogen (secondary N) is 1. The van der Waals surface area contributed by atoms with Crippen molar-refractivity contribution in [2.45, 2.75) is 64.3 Å². The van der Waals surface area contributed by atoms with Crippen molar-refractivity contribution in [3.05, 3.63) is 53.3 Å². The van der Waals surface area contributed by atoms with Crippen molar-refractivity contribution in [1.82, 2.24) is 15.1 Å². The van der Waals surface area contributed by atoms with Gasteiger partial charge in [-0.3, -0.25) is 4.84 Å². The maximum absolute atomic E-state index is 15.9. The van der Waals surface area contributed by atoms with Crippen LogP contribution >= 0.6 is 0 Å². The Labute approximate surface area is 251 Å². The first-order valence-corrected chi connectivity index (χ1v) is 15.3. The van der Waals surface area contributed by atoms with Gasteiger partial charge in [0.25, 0.3) is 11.4 Å². The van der Waals surface area contributed by atoms with Gasteiger partial charge in [-0.15, -0.1) is 10.2 Å². The van der Waals surface area contributed by atoms with E-state index in [9.17, 15) is 0 Å². The molecule has 226 valence electrons. The van der Waals surface area contributed by atoms with Crippen LogP contribution in [0, 0.1) is 12.8 Å². The predicted octanol–water partition coefficient (Wildman–Crippen LogP) is 5.04. The Morgan fingerprint density at radius 2 is 1.81 bits per heavy atom. The largest absolute Gasteiger partial charge is 0.378 e. The standard InChI is InChI=1S/C32H42F2N6O2/c1-23-25-8-7-9-27(20-25)32(33,34)26-10-13-38(14-11-26)12-5-3-4-6-17-42-40-22-28(39-15-18-41-19-16-39)21-29-30(40)24(2)36-37-31(29)35-23/h7-9,20-23,26H,3-6,10-19H2,1-2H3/p+1/t23-/m1/s1/i2D3. The number of piperidine rings is 1. The van der Waals surface area contributed by atoms with Crippen molar-refractivity contribution in [2.24, 2.45) is 5.92 Å². The molecule has 0 radical (unpaired) electrons. The zero-order chi connectivity index (χ0) is 31.6. The topological polar surface area (TPSA) is 66.6 Å². The van der Waals surface area contributed by atoms with Crippen molar-refractivity contribution in [3.8, 4) is 0 Å². The van der Waals surface area contributed by atoms with E-state index in [4.69, 9.17) is 13.7 Å². The van der Waals surface area contributed by atoms with Gasteiger partial charge in [-0.25, -0.2) is 8.78 Å². The number of alkyl halides is 2. The number of rotatable bonds is 1. The van der Waals surface area contributed by atoms with E-state index in [-0.39, 0.29) is 11.3 Å². The second kappa shape index (κ2) is 12.6. The quantitative estimate of drug-likeness (QED) is 0.402. The molecule has 7 rings (SSSR count). The fourth-order valence-corrected chi connectivity index (χ4v) is 6.39. The fraction of sp³-hybridized carbons (Fsp3) is 0.594. The van der Waals surface area contributed by atoms with Crippen LogP contribution in [0.2, 0.25) is 0 Å². The highest BCUT2D eigenvalue weighted by atomic mass is 19.3. The third-order valence-corrected chi connectivity index (χ3v) is 8.95. The molecule has 2 saturated heterocycles. The molecule has 42 heavy (non-hydrogen) atoms. The third-order valence-electron chi connectivity index (χ3n) is 8.95. The zero-order valence-corrected chi connectivity index (χ0v) is 24.3. The van der Waals surface area contributed by atoms with Crippen molar-refractivity contribution in [1.29, 1.82) is 0 Å². The van der Waals surface area contributed by atoms with E-state index in [1.165, 1.54) is 6.07 Å². The fourth-order valence-electron chi connectivity index (χ4n) is 6.39. The number of halogens is 2. The first-order chi connectivity index (χ1) is 21.6. The number of aryl methyl sites for hydroxylation is 1. The number of pyridine rings is 1. The van der Waals surface area contributed by atoms with E-state index < -0.39 is 24.7 Å². The number of ether oxygens (including phenoxy) is 1. The molecule has 10 heteroatoms. The van der Waals surface area contributed by atoms with Gasteiger partial charge in [0.1, 0.15) is 11.4 Å². The van der Waals surface area contributed by atoms with Gasteiger partial charge in [0, 0.05) is 33.4 Å². The Hall–Kier alpha value is -3.11. The number of aromatic nitrogens is 3. The molecule has 0 amide bonds. The highest BCUT2D eigenvalue weighted by Crippen LogP contribution is 2.42. The molecule has 4 aliphatic rings. The van der Waals surface area contributed by atoms with Crippen LogP contribution in [-0.2, 0) is 10.7 Å². The molecule has 0 aliphatic carbocycles. The van der Waals surface area contributed by atoms with Crippen molar-refractivity contribution < 1.29 is 27.2 Å². The first-order valence-electron chi connectivity index (χ1n) is 16.8. The molecule has 2 aromatic heterocycles. The number of anilines is 2. The van der Waals surface area contributed by atoms with Crippen LogP contribution in [0.3, 0.4) is 0 Å². The molecule has 2 fully saturated rings. The summed E-state index contributed by atoms with van der Waals surface area (Å²) in [5.41, 5.74) is 1.70. The Bertz CT molecular complexity index is 1480. The molecule has 8 nitrogen and oxygen atoms in total. The third kappa shape index (κ3) is 6.15. The maximum atomic E-state index is 15.9. The zero-order valence-electron chi connectivity index (χ0n) is 27.3. The normalized spacial score (nSPS) is 26.8. The van der Waals surface area contributed by atoms with Gasteiger partial charge >= 0.3 is 0 Å². The van der Waals surface area contributed by atoms with Gasteiger partial charge in [-0.05, 0) is 83.2 Å². The molecule has 1 N–H and O–H groups in total. The van der Waals surface area contributed by atoms with E-state index in [1.807, 2.05) is 25.3 Å². The highest BCUT2D eigenvalue weighted by molar-refractivity contribution is 5.90. The first kappa shape index (κ1) is 25.4. The number of morpholine rings is 1. The van der Waals surface area contributed by atoms with E-state index >= 15 is 8.78 Å². The lowest BCUT2D eigenvalue weighted by atomic mass is 9.85. The van der Waals surface area contributed by atoms with Gasteiger partial charge in [0.15, 0.2) is 12.4 Å². The monoisotopic (exact) mass is 584 g/mol. The minimum absolute atomic E-state index is 0.0209. The number of hydrogen-bond donors (Lipinski definition) is 1. The number of hydrogen-bond acceptors (Lipinski definition) is 7. The van der Waals surface area contributed by atoms with Gasteiger partial charge < -0.3 is 19.9 Å². The Morgan fingerprint density at radius 1 is 1.00 bits per heavy atom. The molecule has 4 aliphatic heterocycles. The highest BCUT2D eigenvalue weighted by Gasteiger charge is 2.42. The van der Waals surface area contributed by atoms with Gasteiger partial charge in [-0.1, -0.05) is 24.6 Å². The molecule has 8 bridgehead atoms. The second-order valence-electron chi connectivity index (χ2n) is 11.8. The minimum Gasteiger partial charge on any atom is -0.378 e. The summed E-state index contributed by atoms with van der Waals surface area (Å²) in [5.74, 6) is -3.28. The summed E-state index contributed by atoms with van der Waals surface area (Å²) in [6.45, 7) is 4.53. The van der Waals surface area contributed by atoms with Crippen molar-refractivity contribution in [2.75, 3.05) is 62.8 Å². The van der Waals surface area contributed by atoms with E-state index in [0.717, 1.165) is 37.9 Å². The van der Waals surface area contributed by atoms with Gasteiger partial charge in [-0.2, -0.15) is 0 Å². The van der Waals surface area contributed by atoms with E-state index in [0.29, 0.717) is 81.1 Å². The maximum Gasteiger partial charge on any atom is 0.291 e. The van der Waals surface area contributed by atoms with Crippen LogP contribution in [-0.4, -0.2) is 67.6 Å². The molecule has 0 spiro atoms. The SMILES string of the molecule is [2H]C([2H])([2H])c1nnc2c3cc(N4CCOCC4)c[n+](c13)OCCCCCCN1CCC(CC1)C(F)(F)c1cccc(c1)[C@@H](C)N2. The molecule has 3 aromatic rings. The summed E-state index contributed by atoms with van der Waals surface area (Å²) in [7, 11) is 0. The van der Waals surface area contributed by atoms with E-state index in [1.54, 1.807) is 16.9 Å².